The molecule has 1 heterocycles. The molecule has 2 amide bonds. The zero-order valence-corrected chi connectivity index (χ0v) is 13.4. The van der Waals surface area contributed by atoms with E-state index in [0.717, 1.165) is 16.8 Å². The second kappa shape index (κ2) is 6.24. The Morgan fingerprint density at radius 1 is 1.09 bits per heavy atom. The van der Waals surface area contributed by atoms with Crippen LogP contribution < -0.4 is 10.2 Å². The van der Waals surface area contributed by atoms with Crippen molar-refractivity contribution in [2.24, 2.45) is 0 Å². The molecule has 23 heavy (non-hydrogen) atoms. The molecule has 3 rings (SSSR count). The number of hydrogen-bond donors (Lipinski definition) is 1. The van der Waals surface area contributed by atoms with Gasteiger partial charge in [0.2, 0.25) is 5.91 Å². The van der Waals surface area contributed by atoms with Crippen LogP contribution in [-0.4, -0.2) is 24.4 Å². The SMILES string of the molecule is Cc1cc(C)cc(C(=O)N[C@@H]2CCN(c3ccccc3)C2=O)c1. The number of hydrogen-bond acceptors (Lipinski definition) is 2. The molecule has 1 atom stereocenters. The van der Waals surface area contributed by atoms with Crippen LogP contribution in [0.1, 0.15) is 27.9 Å². The van der Waals surface area contributed by atoms with E-state index in [4.69, 9.17) is 0 Å². The fourth-order valence-electron chi connectivity index (χ4n) is 3.03. The lowest BCUT2D eigenvalue weighted by molar-refractivity contribution is -0.118. The maximum atomic E-state index is 12.5. The highest BCUT2D eigenvalue weighted by atomic mass is 16.2. The quantitative estimate of drug-likeness (QED) is 0.948. The lowest BCUT2D eigenvalue weighted by Gasteiger charge is -2.17. The number of nitrogens with one attached hydrogen (secondary N) is 1. The fourth-order valence-corrected chi connectivity index (χ4v) is 3.03. The minimum absolute atomic E-state index is 0.0473. The number of anilines is 1. The highest BCUT2D eigenvalue weighted by Gasteiger charge is 2.33. The third kappa shape index (κ3) is 3.26. The third-order valence-corrected chi connectivity index (χ3v) is 4.06. The van der Waals surface area contributed by atoms with Gasteiger partial charge >= 0.3 is 0 Å². The molecular weight excluding hydrogens is 288 g/mol. The molecule has 118 valence electrons. The molecule has 4 nitrogen and oxygen atoms in total. The Balaban J connectivity index is 1.71. The van der Waals surface area contributed by atoms with Gasteiger partial charge in [0, 0.05) is 17.8 Å². The molecule has 1 N–H and O–H groups in total. The standard InChI is InChI=1S/C19H20N2O2/c1-13-10-14(2)12-15(11-13)18(22)20-17-8-9-21(19(17)23)16-6-4-3-5-7-16/h3-7,10-12,17H,8-9H2,1-2H3,(H,20,22)/t17-/m1/s1. The van der Waals surface area contributed by atoms with Gasteiger partial charge < -0.3 is 10.2 Å². The van der Waals surface area contributed by atoms with Crippen LogP contribution in [0, 0.1) is 13.8 Å². The van der Waals surface area contributed by atoms with E-state index in [1.54, 1.807) is 4.90 Å². The molecule has 1 saturated heterocycles. The van der Waals surface area contributed by atoms with E-state index in [1.807, 2.05) is 62.4 Å². The van der Waals surface area contributed by atoms with E-state index in [2.05, 4.69) is 5.32 Å². The van der Waals surface area contributed by atoms with Gasteiger partial charge in [0.05, 0.1) is 0 Å². The van der Waals surface area contributed by atoms with Crippen LogP contribution in [-0.2, 0) is 4.79 Å². The number of benzene rings is 2. The van der Waals surface area contributed by atoms with Gasteiger partial charge in [-0.3, -0.25) is 9.59 Å². The molecule has 2 aromatic rings. The van der Waals surface area contributed by atoms with Crippen LogP contribution in [0.25, 0.3) is 0 Å². The van der Waals surface area contributed by atoms with E-state index >= 15 is 0 Å². The van der Waals surface area contributed by atoms with E-state index in [-0.39, 0.29) is 11.8 Å². The predicted molar refractivity (Wildman–Crippen MR) is 90.6 cm³/mol. The van der Waals surface area contributed by atoms with E-state index in [9.17, 15) is 9.59 Å². The van der Waals surface area contributed by atoms with Crippen molar-refractivity contribution in [2.75, 3.05) is 11.4 Å². The zero-order chi connectivity index (χ0) is 16.4. The molecule has 0 bridgehead atoms. The lowest BCUT2D eigenvalue weighted by atomic mass is 10.1. The summed E-state index contributed by atoms with van der Waals surface area (Å²) in [6.45, 7) is 4.55. The van der Waals surface area contributed by atoms with Crippen LogP contribution in [0.5, 0.6) is 0 Å². The summed E-state index contributed by atoms with van der Waals surface area (Å²) in [5.74, 6) is -0.237. The van der Waals surface area contributed by atoms with Crippen molar-refractivity contribution in [1.29, 1.82) is 0 Å². The van der Waals surface area contributed by atoms with Gasteiger partial charge in [-0.05, 0) is 44.5 Å². The summed E-state index contributed by atoms with van der Waals surface area (Å²) < 4.78 is 0. The maximum absolute atomic E-state index is 12.5. The number of amides is 2. The Bertz CT molecular complexity index is 720. The van der Waals surface area contributed by atoms with E-state index in [1.165, 1.54) is 0 Å². The van der Waals surface area contributed by atoms with Gasteiger partial charge in [-0.2, -0.15) is 0 Å². The highest BCUT2D eigenvalue weighted by Crippen LogP contribution is 2.21. The van der Waals surface area contributed by atoms with Crippen molar-refractivity contribution in [3.8, 4) is 0 Å². The molecule has 0 unspecified atom stereocenters. The molecule has 2 aromatic carbocycles. The molecule has 1 aliphatic heterocycles. The lowest BCUT2D eigenvalue weighted by Crippen LogP contribution is -2.41. The number of aryl methyl sites for hydroxylation is 2. The van der Waals surface area contributed by atoms with Crippen LogP contribution in [0.3, 0.4) is 0 Å². The molecule has 1 fully saturated rings. The first-order valence-electron chi connectivity index (χ1n) is 7.80. The van der Waals surface area contributed by atoms with Crippen molar-refractivity contribution < 1.29 is 9.59 Å². The van der Waals surface area contributed by atoms with Crippen LogP contribution in [0.4, 0.5) is 5.69 Å². The molecule has 0 spiro atoms. The molecular formula is C19H20N2O2. The van der Waals surface area contributed by atoms with Crippen LogP contribution >= 0.6 is 0 Å². The average molecular weight is 308 g/mol. The summed E-state index contributed by atoms with van der Waals surface area (Å²) in [4.78, 5) is 26.7. The maximum Gasteiger partial charge on any atom is 0.251 e. The number of carbonyl (C=O) groups is 2. The fraction of sp³-hybridized carbons (Fsp3) is 0.263. The van der Waals surface area contributed by atoms with Crippen molar-refractivity contribution in [3.05, 3.63) is 65.2 Å². The molecule has 0 aliphatic carbocycles. The molecule has 1 aliphatic rings. The largest absolute Gasteiger partial charge is 0.340 e. The summed E-state index contributed by atoms with van der Waals surface area (Å²) in [5.41, 5.74) is 3.56. The topological polar surface area (TPSA) is 49.4 Å². The van der Waals surface area contributed by atoms with Crippen molar-refractivity contribution in [2.45, 2.75) is 26.3 Å². The first kappa shape index (κ1) is 15.3. The van der Waals surface area contributed by atoms with Gasteiger partial charge in [0.25, 0.3) is 5.91 Å². The van der Waals surface area contributed by atoms with Crippen molar-refractivity contribution in [1.82, 2.24) is 5.32 Å². The Morgan fingerprint density at radius 2 is 1.74 bits per heavy atom. The normalized spacial score (nSPS) is 17.4. The molecule has 0 aromatic heterocycles. The monoisotopic (exact) mass is 308 g/mol. The Labute approximate surface area is 136 Å². The third-order valence-electron chi connectivity index (χ3n) is 4.06. The minimum atomic E-state index is -0.455. The van der Waals surface area contributed by atoms with Gasteiger partial charge in [-0.15, -0.1) is 0 Å². The number of rotatable bonds is 3. The first-order chi connectivity index (χ1) is 11.0. The van der Waals surface area contributed by atoms with Crippen molar-refractivity contribution in [3.63, 3.8) is 0 Å². The smallest absolute Gasteiger partial charge is 0.251 e. The second-order valence-electron chi connectivity index (χ2n) is 6.02. The molecule has 4 heteroatoms. The van der Waals surface area contributed by atoms with Gasteiger partial charge in [-0.1, -0.05) is 35.4 Å². The second-order valence-corrected chi connectivity index (χ2v) is 6.02. The zero-order valence-electron chi connectivity index (χ0n) is 13.4. The van der Waals surface area contributed by atoms with Crippen molar-refractivity contribution >= 4 is 17.5 Å². The summed E-state index contributed by atoms with van der Waals surface area (Å²) in [7, 11) is 0. The Morgan fingerprint density at radius 3 is 2.39 bits per heavy atom. The summed E-state index contributed by atoms with van der Waals surface area (Å²) in [5, 5.41) is 2.87. The first-order valence-corrected chi connectivity index (χ1v) is 7.80. The minimum Gasteiger partial charge on any atom is -0.340 e. The number of para-hydroxylation sites is 1. The van der Waals surface area contributed by atoms with Crippen LogP contribution in [0.15, 0.2) is 48.5 Å². The number of carbonyl (C=O) groups excluding carboxylic acids is 2. The number of nitrogens with zero attached hydrogens (tertiary/aromatic N) is 1. The summed E-state index contributed by atoms with van der Waals surface area (Å²) in [6, 6.07) is 14.8. The van der Waals surface area contributed by atoms with Gasteiger partial charge in [0.1, 0.15) is 6.04 Å². The average Bonchev–Trinajstić information content (AvgIpc) is 2.88. The van der Waals surface area contributed by atoms with Crippen LogP contribution in [0.2, 0.25) is 0 Å². The Kier molecular flexibility index (Phi) is 4.15. The van der Waals surface area contributed by atoms with E-state index in [0.29, 0.717) is 18.5 Å². The highest BCUT2D eigenvalue weighted by molar-refractivity contribution is 6.04. The van der Waals surface area contributed by atoms with Gasteiger partial charge in [0.15, 0.2) is 0 Å². The summed E-state index contributed by atoms with van der Waals surface area (Å²) >= 11 is 0. The molecule has 0 radical (unpaired) electrons. The Hall–Kier alpha value is -2.62. The summed E-state index contributed by atoms with van der Waals surface area (Å²) in [6.07, 6.45) is 0.629. The molecule has 0 saturated carbocycles. The van der Waals surface area contributed by atoms with Gasteiger partial charge in [-0.25, -0.2) is 0 Å². The van der Waals surface area contributed by atoms with E-state index < -0.39 is 6.04 Å². The predicted octanol–water partition coefficient (Wildman–Crippen LogP) is 2.84.